The fourth-order valence-corrected chi connectivity index (χ4v) is 5.50. The highest BCUT2D eigenvalue weighted by atomic mass is 35.5. The molecule has 0 amide bonds. The van der Waals surface area contributed by atoms with Crippen LogP contribution in [-0.2, 0) is 12.8 Å². The maximum atomic E-state index is 13.6. The van der Waals surface area contributed by atoms with Gasteiger partial charge >= 0.3 is 0 Å². The summed E-state index contributed by atoms with van der Waals surface area (Å²) in [5.74, 6) is -0.283. The van der Waals surface area contributed by atoms with E-state index in [4.69, 9.17) is 28.3 Å². The Labute approximate surface area is 232 Å². The Balaban J connectivity index is 0.00000320. The van der Waals surface area contributed by atoms with Crippen LogP contribution in [0.3, 0.4) is 0 Å². The molecular formula is C29H29Cl3FN3O. The number of benzene rings is 3. The van der Waals surface area contributed by atoms with Crippen molar-refractivity contribution >= 4 is 34.0 Å². The Kier molecular flexibility index (Phi) is 9.25. The molecule has 1 saturated heterocycles. The van der Waals surface area contributed by atoms with Gasteiger partial charge in [-0.05, 0) is 48.2 Å². The van der Waals surface area contributed by atoms with Crippen molar-refractivity contribution in [1.82, 2.24) is 9.78 Å². The van der Waals surface area contributed by atoms with E-state index in [2.05, 4.69) is 24.3 Å². The van der Waals surface area contributed by atoms with Gasteiger partial charge in [-0.15, -0.1) is 0 Å². The minimum atomic E-state index is -0.283. The molecule has 0 radical (unpaired) electrons. The number of hydrogen-bond acceptors (Lipinski definition) is 2. The lowest BCUT2D eigenvalue weighted by atomic mass is 10.0. The first-order valence-corrected chi connectivity index (χ1v) is 13.3. The van der Waals surface area contributed by atoms with Gasteiger partial charge in [0.2, 0.25) is 0 Å². The summed E-state index contributed by atoms with van der Waals surface area (Å²) in [6, 6.07) is 20.4. The minimum absolute atomic E-state index is 0. The third-order valence-corrected chi connectivity index (χ3v) is 7.90. The number of rotatable bonds is 6. The van der Waals surface area contributed by atoms with Crippen LogP contribution in [0.4, 0.5) is 4.39 Å². The van der Waals surface area contributed by atoms with Crippen molar-refractivity contribution in [2.24, 2.45) is 0 Å². The summed E-state index contributed by atoms with van der Waals surface area (Å²) in [6.45, 7) is 3.18. The molecule has 5 rings (SSSR count). The zero-order valence-electron chi connectivity index (χ0n) is 20.4. The number of nitrogens with one attached hydrogen (secondary N) is 1. The summed E-state index contributed by atoms with van der Waals surface area (Å²) in [5, 5.41) is 6.82. The van der Waals surface area contributed by atoms with Crippen molar-refractivity contribution in [3.8, 4) is 0 Å². The lowest BCUT2D eigenvalue weighted by Crippen LogP contribution is -3.12. The molecule has 4 aromatic rings. The highest BCUT2D eigenvalue weighted by Gasteiger charge is 2.24. The lowest BCUT2D eigenvalue weighted by Gasteiger charge is -2.20. The quantitative estimate of drug-likeness (QED) is 0.393. The predicted molar refractivity (Wildman–Crippen MR) is 144 cm³/mol. The molecule has 1 aromatic heterocycles. The van der Waals surface area contributed by atoms with Crippen LogP contribution in [0.5, 0.6) is 0 Å². The van der Waals surface area contributed by atoms with E-state index in [-0.39, 0.29) is 29.8 Å². The van der Waals surface area contributed by atoms with Crippen LogP contribution >= 0.6 is 23.2 Å². The Bertz CT molecular complexity index is 1410. The first kappa shape index (κ1) is 27.6. The van der Waals surface area contributed by atoms with Crippen molar-refractivity contribution in [1.29, 1.82) is 0 Å². The van der Waals surface area contributed by atoms with E-state index in [9.17, 15) is 9.18 Å². The average molecular weight is 561 g/mol. The molecule has 2 atom stereocenters. The molecule has 8 heteroatoms. The highest BCUT2D eigenvalue weighted by molar-refractivity contribution is 6.42. The minimum Gasteiger partial charge on any atom is -1.00 e. The van der Waals surface area contributed by atoms with Gasteiger partial charge in [-0.3, -0.25) is 4.79 Å². The summed E-state index contributed by atoms with van der Waals surface area (Å²) in [7, 11) is 0. The maximum absolute atomic E-state index is 13.6. The lowest BCUT2D eigenvalue weighted by molar-refractivity contribution is -0.899. The number of hydrogen-bond donors (Lipinski definition) is 1. The number of fused-ring (bicyclic) bond motifs is 1. The Morgan fingerprint density at radius 3 is 2.35 bits per heavy atom. The van der Waals surface area contributed by atoms with Gasteiger partial charge in [0.25, 0.3) is 5.56 Å². The standard InChI is InChI=1S/C29H28Cl2FN3O.ClH/c30-26-18-24-25(19-27(26)31)29(36)35(33-28(24)17-21-8-10-22(32)11-9-21)23-7-4-14-34(16-13-23)15-12-20-5-2-1-3-6-20;/h1-3,5-6,8-11,18-19,23H,4,7,12-17H2;1H. The van der Waals surface area contributed by atoms with E-state index in [0.717, 1.165) is 56.6 Å². The highest BCUT2D eigenvalue weighted by Crippen LogP contribution is 2.29. The molecular weight excluding hydrogens is 532 g/mol. The van der Waals surface area contributed by atoms with Gasteiger partial charge in [-0.25, -0.2) is 9.07 Å². The molecule has 1 aliphatic rings. The van der Waals surface area contributed by atoms with Crippen molar-refractivity contribution < 1.29 is 21.7 Å². The van der Waals surface area contributed by atoms with E-state index < -0.39 is 0 Å². The molecule has 1 aliphatic heterocycles. The van der Waals surface area contributed by atoms with E-state index in [1.807, 2.05) is 6.07 Å². The van der Waals surface area contributed by atoms with Crippen molar-refractivity contribution in [2.75, 3.05) is 19.6 Å². The van der Waals surface area contributed by atoms with Crippen LogP contribution in [0.2, 0.25) is 10.0 Å². The second-order valence-electron chi connectivity index (χ2n) is 9.63. The second-order valence-corrected chi connectivity index (χ2v) is 10.4. The first-order valence-electron chi connectivity index (χ1n) is 12.5. The molecule has 0 bridgehead atoms. The molecule has 1 N–H and O–H groups in total. The fraction of sp³-hybridized carbons (Fsp3) is 0.310. The number of quaternary nitrogens is 1. The smallest absolute Gasteiger partial charge is 0.274 e. The van der Waals surface area contributed by atoms with Crippen LogP contribution < -0.4 is 22.9 Å². The molecule has 3 aromatic carbocycles. The fourth-order valence-electron chi connectivity index (χ4n) is 5.18. The zero-order chi connectivity index (χ0) is 25.1. The topological polar surface area (TPSA) is 39.3 Å². The normalized spacial score (nSPS) is 17.8. The largest absolute Gasteiger partial charge is 1.00 e. The molecule has 2 heterocycles. The van der Waals surface area contributed by atoms with Crippen LogP contribution in [0, 0.1) is 5.82 Å². The van der Waals surface area contributed by atoms with Crippen LogP contribution in [0.1, 0.15) is 42.1 Å². The SMILES string of the molecule is O=c1c2cc(Cl)c(Cl)cc2c(Cc2ccc(F)cc2)nn1C1CCC[NH+](CCc2ccccc2)CC1.[Cl-]. The summed E-state index contributed by atoms with van der Waals surface area (Å²) >= 11 is 12.6. The maximum Gasteiger partial charge on any atom is 0.274 e. The molecule has 0 spiro atoms. The number of aromatic nitrogens is 2. The Morgan fingerprint density at radius 1 is 0.919 bits per heavy atom. The van der Waals surface area contributed by atoms with Crippen molar-refractivity contribution in [3.63, 3.8) is 0 Å². The average Bonchev–Trinajstić information content (AvgIpc) is 3.13. The van der Waals surface area contributed by atoms with Gasteiger partial charge < -0.3 is 17.3 Å². The van der Waals surface area contributed by atoms with Gasteiger partial charge in [-0.1, -0.05) is 65.7 Å². The monoisotopic (exact) mass is 559 g/mol. The van der Waals surface area contributed by atoms with Gasteiger partial charge in [0.15, 0.2) is 0 Å². The molecule has 37 heavy (non-hydrogen) atoms. The van der Waals surface area contributed by atoms with Gasteiger partial charge in [0, 0.05) is 24.6 Å². The number of halogens is 4. The molecule has 0 aliphatic carbocycles. The molecule has 2 unspecified atom stereocenters. The summed E-state index contributed by atoms with van der Waals surface area (Å²) in [6.07, 6.45) is 4.35. The molecule has 4 nitrogen and oxygen atoms in total. The van der Waals surface area contributed by atoms with Gasteiger partial charge in [0.1, 0.15) is 5.82 Å². The van der Waals surface area contributed by atoms with Gasteiger partial charge in [-0.2, -0.15) is 5.10 Å². The second kappa shape index (κ2) is 12.4. The van der Waals surface area contributed by atoms with Crippen molar-refractivity contribution in [2.45, 2.75) is 38.1 Å². The summed E-state index contributed by atoms with van der Waals surface area (Å²) in [5.41, 5.74) is 2.88. The Morgan fingerprint density at radius 2 is 1.62 bits per heavy atom. The van der Waals surface area contributed by atoms with E-state index in [0.29, 0.717) is 27.2 Å². The third-order valence-electron chi connectivity index (χ3n) is 7.18. The van der Waals surface area contributed by atoms with Crippen LogP contribution in [0.25, 0.3) is 10.8 Å². The van der Waals surface area contributed by atoms with Crippen LogP contribution in [-0.4, -0.2) is 29.4 Å². The molecule has 1 fully saturated rings. The third kappa shape index (κ3) is 6.53. The Hall–Kier alpha value is -2.44. The number of nitrogens with zero attached hydrogens (tertiary/aromatic N) is 2. The molecule has 0 saturated carbocycles. The predicted octanol–water partition coefficient (Wildman–Crippen LogP) is 2.29. The van der Waals surface area contributed by atoms with E-state index in [1.54, 1.807) is 33.8 Å². The van der Waals surface area contributed by atoms with E-state index in [1.165, 1.54) is 17.7 Å². The molecule has 194 valence electrons. The summed E-state index contributed by atoms with van der Waals surface area (Å²) < 4.78 is 15.1. The van der Waals surface area contributed by atoms with Crippen molar-refractivity contribution in [3.05, 3.63) is 110 Å². The zero-order valence-corrected chi connectivity index (χ0v) is 22.7. The van der Waals surface area contributed by atoms with Crippen LogP contribution in [0.15, 0.2) is 71.5 Å². The number of likely N-dealkylation sites (tertiary alicyclic amines) is 1. The van der Waals surface area contributed by atoms with E-state index >= 15 is 0 Å². The first-order chi connectivity index (χ1) is 17.5. The summed E-state index contributed by atoms with van der Waals surface area (Å²) in [4.78, 5) is 15.2. The van der Waals surface area contributed by atoms with Gasteiger partial charge in [0.05, 0.1) is 46.8 Å².